The number of amides is 1. The van der Waals surface area contributed by atoms with E-state index in [-0.39, 0.29) is 11.7 Å². The molecule has 0 aromatic heterocycles. The van der Waals surface area contributed by atoms with E-state index in [1.54, 1.807) is 41.3 Å². The highest BCUT2D eigenvalue weighted by atomic mass is 35.5. The Hall–Kier alpha value is -2.44. The van der Waals surface area contributed by atoms with Gasteiger partial charge in [-0.1, -0.05) is 17.7 Å². The quantitative estimate of drug-likeness (QED) is 0.752. The summed E-state index contributed by atoms with van der Waals surface area (Å²) >= 11 is 6.09. The highest BCUT2D eigenvalue weighted by Crippen LogP contribution is 2.21. The van der Waals surface area contributed by atoms with Crippen LogP contribution in [0.25, 0.3) is 0 Å². The second-order valence-corrected chi connectivity index (χ2v) is 6.74. The van der Waals surface area contributed by atoms with Crippen molar-refractivity contribution < 1.29 is 18.7 Å². The van der Waals surface area contributed by atoms with Gasteiger partial charge in [0.05, 0.1) is 12.7 Å². The van der Waals surface area contributed by atoms with Crippen LogP contribution in [0.2, 0.25) is 5.02 Å². The van der Waals surface area contributed by atoms with Crippen molar-refractivity contribution in [3.05, 3.63) is 70.0 Å². The fourth-order valence-corrected chi connectivity index (χ4v) is 3.29. The lowest BCUT2D eigenvalue weighted by Gasteiger charge is -2.35. The van der Waals surface area contributed by atoms with E-state index in [1.165, 1.54) is 13.2 Å². The predicted octanol–water partition coefficient (Wildman–Crippen LogP) is 3.22. The summed E-state index contributed by atoms with van der Waals surface area (Å²) in [6.45, 7) is 2.78. The van der Waals surface area contributed by atoms with Crippen LogP contribution in [0.15, 0.2) is 42.5 Å². The van der Waals surface area contributed by atoms with Crippen LogP contribution in [-0.4, -0.2) is 55.0 Å². The van der Waals surface area contributed by atoms with Crippen LogP contribution >= 0.6 is 11.6 Å². The second kappa shape index (κ2) is 8.50. The first-order valence-corrected chi connectivity index (χ1v) is 9.00. The molecule has 142 valence electrons. The molecular formula is C20H20ClFN2O3. The number of ether oxygens (including phenoxy) is 1. The molecular weight excluding hydrogens is 371 g/mol. The van der Waals surface area contributed by atoms with Gasteiger partial charge in [-0.25, -0.2) is 9.18 Å². The molecule has 0 radical (unpaired) electrons. The fourth-order valence-electron chi connectivity index (χ4n) is 3.07. The molecule has 0 unspecified atom stereocenters. The van der Waals surface area contributed by atoms with Crippen molar-refractivity contribution in [3.8, 4) is 0 Å². The first kappa shape index (κ1) is 19.3. The van der Waals surface area contributed by atoms with Crippen LogP contribution in [0.3, 0.4) is 0 Å². The molecule has 0 aliphatic carbocycles. The molecule has 2 aromatic rings. The number of rotatable bonds is 4. The molecule has 1 heterocycles. The first-order valence-electron chi connectivity index (χ1n) is 8.62. The van der Waals surface area contributed by atoms with Crippen LogP contribution in [0.4, 0.5) is 4.39 Å². The van der Waals surface area contributed by atoms with Gasteiger partial charge in [-0.05, 0) is 36.4 Å². The summed E-state index contributed by atoms with van der Waals surface area (Å²) in [5, 5.41) is 0.416. The van der Waals surface area contributed by atoms with E-state index in [9.17, 15) is 14.0 Å². The molecule has 0 spiro atoms. The van der Waals surface area contributed by atoms with E-state index in [0.29, 0.717) is 54.4 Å². The first-order chi connectivity index (χ1) is 13.0. The number of carbonyl (C=O) groups excluding carboxylic acids is 2. The summed E-state index contributed by atoms with van der Waals surface area (Å²) in [7, 11) is 1.31. The molecule has 27 heavy (non-hydrogen) atoms. The van der Waals surface area contributed by atoms with Crippen molar-refractivity contribution in [3.63, 3.8) is 0 Å². The molecule has 2 aromatic carbocycles. The molecule has 1 aliphatic heterocycles. The van der Waals surface area contributed by atoms with E-state index in [0.717, 1.165) is 0 Å². The van der Waals surface area contributed by atoms with E-state index in [4.69, 9.17) is 11.6 Å². The number of methoxy groups -OCH3 is 1. The maximum atomic E-state index is 13.9. The summed E-state index contributed by atoms with van der Waals surface area (Å²) in [6.07, 6.45) is 0. The average molecular weight is 391 g/mol. The maximum absolute atomic E-state index is 13.9. The van der Waals surface area contributed by atoms with Gasteiger partial charge < -0.3 is 9.64 Å². The Kier molecular flexibility index (Phi) is 6.08. The highest BCUT2D eigenvalue weighted by molar-refractivity contribution is 6.31. The normalized spacial score (nSPS) is 14.9. The molecule has 0 N–H and O–H groups in total. The Morgan fingerprint density at radius 1 is 1.04 bits per heavy atom. The van der Waals surface area contributed by atoms with Crippen LogP contribution in [-0.2, 0) is 11.3 Å². The van der Waals surface area contributed by atoms with Crippen molar-refractivity contribution >= 4 is 23.5 Å². The molecule has 1 saturated heterocycles. The van der Waals surface area contributed by atoms with Crippen LogP contribution in [0.1, 0.15) is 26.3 Å². The summed E-state index contributed by atoms with van der Waals surface area (Å²) in [5.41, 5.74) is 1.41. The van der Waals surface area contributed by atoms with Crippen molar-refractivity contribution in [1.82, 2.24) is 9.80 Å². The molecule has 1 aliphatic rings. The van der Waals surface area contributed by atoms with Gasteiger partial charge in [0.2, 0.25) is 0 Å². The van der Waals surface area contributed by atoms with E-state index >= 15 is 0 Å². The summed E-state index contributed by atoms with van der Waals surface area (Å²) < 4.78 is 18.6. The van der Waals surface area contributed by atoms with Crippen molar-refractivity contribution in [2.75, 3.05) is 33.3 Å². The molecule has 0 atom stereocenters. The smallest absolute Gasteiger partial charge is 0.337 e. The zero-order valence-corrected chi connectivity index (χ0v) is 15.7. The van der Waals surface area contributed by atoms with Gasteiger partial charge in [0.15, 0.2) is 0 Å². The van der Waals surface area contributed by atoms with Gasteiger partial charge >= 0.3 is 5.97 Å². The van der Waals surface area contributed by atoms with Crippen molar-refractivity contribution in [2.45, 2.75) is 6.54 Å². The fraction of sp³-hybridized carbons (Fsp3) is 0.300. The van der Waals surface area contributed by atoms with Crippen molar-refractivity contribution in [2.24, 2.45) is 0 Å². The third kappa shape index (κ3) is 4.46. The number of benzene rings is 2. The lowest BCUT2D eigenvalue weighted by atomic mass is 10.1. The SMILES string of the molecule is COC(=O)c1ccc(C(=O)N2CCN(Cc3c(F)cccc3Cl)CC2)cc1. The third-order valence-corrected chi connectivity index (χ3v) is 5.01. The maximum Gasteiger partial charge on any atom is 0.337 e. The van der Waals surface area contributed by atoms with Gasteiger partial charge in [-0.2, -0.15) is 0 Å². The van der Waals surface area contributed by atoms with Gasteiger partial charge in [0.25, 0.3) is 5.91 Å². The van der Waals surface area contributed by atoms with Crippen LogP contribution in [0.5, 0.6) is 0 Å². The van der Waals surface area contributed by atoms with Crippen LogP contribution < -0.4 is 0 Å². The molecule has 0 bridgehead atoms. The summed E-state index contributed by atoms with van der Waals surface area (Å²) in [4.78, 5) is 27.9. The molecule has 5 nitrogen and oxygen atoms in total. The van der Waals surface area contributed by atoms with Gasteiger partial charge in [0.1, 0.15) is 5.82 Å². The Bertz CT molecular complexity index is 813. The minimum absolute atomic E-state index is 0.0880. The number of hydrogen-bond acceptors (Lipinski definition) is 4. The number of nitrogens with zero attached hydrogens (tertiary/aromatic N) is 2. The number of hydrogen-bond donors (Lipinski definition) is 0. The molecule has 0 saturated carbocycles. The molecule has 1 fully saturated rings. The number of esters is 1. The molecule has 3 rings (SSSR count). The minimum atomic E-state index is -0.436. The summed E-state index contributed by atoms with van der Waals surface area (Å²) in [6, 6.07) is 11.1. The molecule has 1 amide bonds. The lowest BCUT2D eigenvalue weighted by Crippen LogP contribution is -2.48. The number of piperazine rings is 1. The lowest BCUT2D eigenvalue weighted by molar-refractivity contribution is 0.0596. The van der Waals surface area contributed by atoms with Gasteiger partial charge in [-0.3, -0.25) is 9.69 Å². The zero-order chi connectivity index (χ0) is 19.4. The highest BCUT2D eigenvalue weighted by Gasteiger charge is 2.23. The number of halogens is 2. The minimum Gasteiger partial charge on any atom is -0.465 e. The molecule has 7 heteroatoms. The second-order valence-electron chi connectivity index (χ2n) is 6.34. The topological polar surface area (TPSA) is 49.9 Å². The Morgan fingerprint density at radius 2 is 1.67 bits per heavy atom. The van der Waals surface area contributed by atoms with Crippen LogP contribution in [0, 0.1) is 5.82 Å². The predicted molar refractivity (Wildman–Crippen MR) is 100 cm³/mol. The van der Waals surface area contributed by atoms with E-state index in [1.807, 2.05) is 0 Å². The Labute approximate surface area is 162 Å². The van der Waals surface area contributed by atoms with Crippen molar-refractivity contribution in [1.29, 1.82) is 0 Å². The van der Waals surface area contributed by atoms with E-state index < -0.39 is 5.97 Å². The Morgan fingerprint density at radius 3 is 2.26 bits per heavy atom. The van der Waals surface area contributed by atoms with Gasteiger partial charge in [-0.15, -0.1) is 0 Å². The van der Waals surface area contributed by atoms with Gasteiger partial charge in [0, 0.05) is 48.9 Å². The average Bonchev–Trinajstić information content (AvgIpc) is 2.70. The third-order valence-electron chi connectivity index (χ3n) is 4.66. The van der Waals surface area contributed by atoms with E-state index in [2.05, 4.69) is 9.64 Å². The monoisotopic (exact) mass is 390 g/mol. The largest absolute Gasteiger partial charge is 0.465 e. The Balaban J connectivity index is 1.58. The standard InChI is InChI=1S/C20H20ClFN2O3/c1-27-20(26)15-7-5-14(6-8-15)19(25)24-11-9-23(10-12-24)13-16-17(21)3-2-4-18(16)22/h2-8H,9-13H2,1H3. The zero-order valence-electron chi connectivity index (χ0n) is 15.0. The number of carbonyl (C=O) groups is 2. The summed E-state index contributed by atoms with van der Waals surface area (Å²) in [5.74, 6) is -0.837.